The highest BCUT2D eigenvalue weighted by atomic mass is 35.5. The van der Waals surface area contributed by atoms with Crippen molar-refractivity contribution in [2.75, 3.05) is 23.7 Å². The van der Waals surface area contributed by atoms with E-state index >= 15 is 0 Å². The van der Waals surface area contributed by atoms with E-state index in [9.17, 15) is 22.4 Å². The average molecular weight is 518 g/mol. The molecular weight excluding hydrogens is 492 g/mol. The molecule has 0 fully saturated rings. The van der Waals surface area contributed by atoms with Gasteiger partial charge in [-0.15, -0.1) is 0 Å². The molecule has 1 N–H and O–H groups in total. The van der Waals surface area contributed by atoms with Crippen molar-refractivity contribution in [2.24, 2.45) is 0 Å². The Morgan fingerprint density at radius 3 is 2.27 bits per heavy atom. The quantitative estimate of drug-likeness (QED) is 0.518. The lowest BCUT2D eigenvalue weighted by atomic mass is 10.1. The summed E-state index contributed by atoms with van der Waals surface area (Å²) in [6, 6.07) is 8.79. The molecule has 180 valence electrons. The molecule has 0 radical (unpaired) electrons. The Bertz CT molecular complexity index is 1090. The summed E-state index contributed by atoms with van der Waals surface area (Å²) < 4.78 is 39.4. The van der Waals surface area contributed by atoms with Crippen LogP contribution in [0.3, 0.4) is 0 Å². The molecule has 0 heterocycles. The number of nitrogens with zero attached hydrogens (tertiary/aromatic N) is 2. The molecule has 0 aliphatic heterocycles. The topological polar surface area (TPSA) is 86.8 Å². The second kappa shape index (κ2) is 11.7. The maximum atomic E-state index is 13.7. The van der Waals surface area contributed by atoms with Crippen LogP contribution >= 0.6 is 23.2 Å². The lowest BCUT2D eigenvalue weighted by Gasteiger charge is -2.32. The van der Waals surface area contributed by atoms with Gasteiger partial charge in [-0.1, -0.05) is 42.3 Å². The molecule has 1 atom stereocenters. The molecule has 2 aromatic rings. The minimum atomic E-state index is -3.95. The van der Waals surface area contributed by atoms with Gasteiger partial charge in [0.05, 0.1) is 11.9 Å². The van der Waals surface area contributed by atoms with E-state index in [0.717, 1.165) is 22.7 Å². The maximum Gasteiger partial charge on any atom is 0.244 e. The van der Waals surface area contributed by atoms with Crippen LogP contribution < -0.4 is 9.62 Å². The number of carbonyl (C=O) groups excluding carboxylic acids is 2. The lowest BCUT2D eigenvalue weighted by Crippen LogP contribution is -2.51. The Balaban J connectivity index is 2.43. The van der Waals surface area contributed by atoms with Crippen LogP contribution in [0, 0.1) is 5.82 Å². The van der Waals surface area contributed by atoms with Crippen molar-refractivity contribution in [2.45, 2.75) is 32.9 Å². The first kappa shape index (κ1) is 26.9. The first-order chi connectivity index (χ1) is 15.5. The number of sulfonamides is 1. The minimum absolute atomic E-state index is 0.00957. The highest BCUT2D eigenvalue weighted by Gasteiger charge is 2.31. The fourth-order valence-electron chi connectivity index (χ4n) is 3.08. The summed E-state index contributed by atoms with van der Waals surface area (Å²) in [6.07, 6.45) is 1.61. The van der Waals surface area contributed by atoms with Crippen LogP contribution in [0.1, 0.15) is 25.8 Å². The maximum absolute atomic E-state index is 13.7. The fourth-order valence-corrected chi connectivity index (χ4v) is 4.44. The van der Waals surface area contributed by atoms with E-state index in [1.54, 1.807) is 18.2 Å². The van der Waals surface area contributed by atoms with Gasteiger partial charge < -0.3 is 10.2 Å². The molecular formula is C22H26Cl2FN3O4S. The van der Waals surface area contributed by atoms with E-state index in [4.69, 9.17) is 23.2 Å². The third-order valence-corrected chi connectivity index (χ3v) is 6.73. The highest BCUT2D eigenvalue weighted by Crippen LogP contribution is 2.27. The van der Waals surface area contributed by atoms with Gasteiger partial charge in [0.25, 0.3) is 0 Å². The van der Waals surface area contributed by atoms with Crippen LogP contribution in [0.2, 0.25) is 10.0 Å². The third-order valence-electron chi connectivity index (χ3n) is 4.88. The predicted molar refractivity (Wildman–Crippen MR) is 128 cm³/mol. The van der Waals surface area contributed by atoms with Crippen LogP contribution in [0.4, 0.5) is 10.1 Å². The number of hydrogen-bond acceptors (Lipinski definition) is 4. The van der Waals surface area contributed by atoms with Crippen molar-refractivity contribution >= 4 is 50.7 Å². The smallest absolute Gasteiger partial charge is 0.244 e. The number of carbonyl (C=O) groups is 2. The zero-order valence-electron chi connectivity index (χ0n) is 18.5. The fraction of sp³-hybridized carbons (Fsp3) is 0.364. The monoisotopic (exact) mass is 517 g/mol. The molecule has 7 nitrogen and oxygen atoms in total. The van der Waals surface area contributed by atoms with E-state index < -0.39 is 40.2 Å². The summed E-state index contributed by atoms with van der Waals surface area (Å²) in [6.45, 7) is 3.06. The normalized spacial score (nSPS) is 12.2. The van der Waals surface area contributed by atoms with Gasteiger partial charge in [-0.3, -0.25) is 13.9 Å². The van der Waals surface area contributed by atoms with Gasteiger partial charge in [-0.05, 0) is 43.7 Å². The van der Waals surface area contributed by atoms with Crippen molar-refractivity contribution < 1.29 is 22.4 Å². The standard InChI is InChI=1S/C22H26Cl2FN3O4S/c1-4-11-26-22(30)15(2)27(13-18-19(23)9-6-10-20(18)24)21(29)14-28(33(3,31)32)17-8-5-7-16(25)12-17/h5-10,12,15H,4,11,13-14H2,1-3H3,(H,26,30). The first-order valence-corrected chi connectivity index (χ1v) is 12.8. The molecule has 0 aliphatic rings. The Hall–Kier alpha value is -2.36. The van der Waals surface area contributed by atoms with Gasteiger partial charge >= 0.3 is 0 Å². The number of hydrogen-bond donors (Lipinski definition) is 1. The molecule has 2 aromatic carbocycles. The number of anilines is 1. The second-order valence-corrected chi connectivity index (χ2v) is 10.2. The summed E-state index contributed by atoms with van der Waals surface area (Å²) in [5.74, 6) is -1.74. The molecule has 0 saturated heterocycles. The van der Waals surface area contributed by atoms with Crippen LogP contribution in [-0.2, 0) is 26.2 Å². The van der Waals surface area contributed by atoms with Crippen molar-refractivity contribution in [3.8, 4) is 0 Å². The van der Waals surface area contributed by atoms with Gasteiger partial charge in [0.15, 0.2) is 0 Å². The van der Waals surface area contributed by atoms with Crippen LogP contribution in [0.25, 0.3) is 0 Å². The van der Waals surface area contributed by atoms with Crippen molar-refractivity contribution in [3.05, 3.63) is 63.9 Å². The number of nitrogens with one attached hydrogen (secondary N) is 1. The molecule has 1 unspecified atom stereocenters. The predicted octanol–water partition coefficient (Wildman–Crippen LogP) is 3.84. The van der Waals surface area contributed by atoms with Crippen molar-refractivity contribution in [1.82, 2.24) is 10.2 Å². The van der Waals surface area contributed by atoms with Gasteiger partial charge in [0.2, 0.25) is 21.8 Å². The molecule has 0 spiro atoms. The Morgan fingerprint density at radius 2 is 1.73 bits per heavy atom. The number of halogens is 3. The van der Waals surface area contributed by atoms with Crippen LogP contribution in [0.5, 0.6) is 0 Å². The van der Waals surface area contributed by atoms with Gasteiger partial charge in [0, 0.05) is 28.7 Å². The summed E-state index contributed by atoms with van der Waals surface area (Å²) >= 11 is 12.5. The van der Waals surface area contributed by atoms with Crippen molar-refractivity contribution in [1.29, 1.82) is 0 Å². The summed E-state index contributed by atoms with van der Waals surface area (Å²) in [5.41, 5.74) is 0.408. The first-order valence-electron chi connectivity index (χ1n) is 10.2. The van der Waals surface area contributed by atoms with Crippen molar-refractivity contribution in [3.63, 3.8) is 0 Å². The Morgan fingerprint density at radius 1 is 1.12 bits per heavy atom. The lowest BCUT2D eigenvalue weighted by molar-refractivity contribution is -0.139. The van der Waals surface area contributed by atoms with Gasteiger partial charge in [0.1, 0.15) is 18.4 Å². The van der Waals surface area contributed by atoms with E-state index in [-0.39, 0.29) is 12.2 Å². The van der Waals surface area contributed by atoms with E-state index in [2.05, 4.69) is 5.32 Å². The van der Waals surface area contributed by atoms with E-state index in [1.807, 2.05) is 6.92 Å². The molecule has 2 amide bonds. The summed E-state index contributed by atoms with van der Waals surface area (Å²) in [4.78, 5) is 27.2. The van der Waals surface area contributed by atoms with E-state index in [0.29, 0.717) is 28.6 Å². The minimum Gasteiger partial charge on any atom is -0.354 e. The molecule has 0 bridgehead atoms. The van der Waals surface area contributed by atoms with Gasteiger partial charge in [-0.2, -0.15) is 0 Å². The van der Waals surface area contributed by atoms with E-state index in [1.165, 1.54) is 24.0 Å². The summed E-state index contributed by atoms with van der Waals surface area (Å²) in [7, 11) is -3.95. The molecule has 33 heavy (non-hydrogen) atoms. The van der Waals surface area contributed by atoms with Crippen LogP contribution in [0.15, 0.2) is 42.5 Å². The summed E-state index contributed by atoms with van der Waals surface area (Å²) in [5, 5.41) is 3.32. The Kier molecular flexibility index (Phi) is 9.51. The third kappa shape index (κ3) is 7.31. The zero-order valence-corrected chi connectivity index (χ0v) is 20.8. The molecule has 0 saturated carbocycles. The number of rotatable bonds is 10. The average Bonchev–Trinajstić information content (AvgIpc) is 2.74. The molecule has 0 aliphatic carbocycles. The second-order valence-electron chi connectivity index (χ2n) is 7.44. The van der Waals surface area contributed by atoms with Gasteiger partial charge in [-0.25, -0.2) is 12.8 Å². The van der Waals surface area contributed by atoms with Crippen LogP contribution in [-0.4, -0.2) is 50.5 Å². The molecule has 11 heteroatoms. The molecule has 0 aromatic heterocycles. The SMILES string of the molecule is CCCNC(=O)C(C)N(Cc1c(Cl)cccc1Cl)C(=O)CN(c1cccc(F)c1)S(C)(=O)=O. The Labute approximate surface area is 203 Å². The number of benzene rings is 2. The zero-order chi connectivity index (χ0) is 24.8. The highest BCUT2D eigenvalue weighted by molar-refractivity contribution is 7.92. The molecule has 2 rings (SSSR count). The largest absolute Gasteiger partial charge is 0.354 e. The number of amides is 2.